The molecule has 0 unspecified atom stereocenters. The molecule has 2 amide bonds. The lowest BCUT2D eigenvalue weighted by molar-refractivity contribution is -0.134. The van der Waals surface area contributed by atoms with Gasteiger partial charge < -0.3 is 10.2 Å². The zero-order valence-electron chi connectivity index (χ0n) is 16.9. The number of fused-ring (bicyclic) bond motifs is 1. The van der Waals surface area contributed by atoms with Crippen molar-refractivity contribution in [1.82, 2.24) is 14.5 Å². The average Bonchev–Trinajstić information content (AvgIpc) is 3.11. The molecule has 0 radical (unpaired) electrons. The average molecular weight is 434 g/mol. The molecule has 28 heavy (non-hydrogen) atoms. The van der Waals surface area contributed by atoms with Crippen LogP contribution < -0.4 is 5.32 Å². The largest absolute Gasteiger partial charge is 0.330 e. The van der Waals surface area contributed by atoms with Crippen molar-refractivity contribution in [3.8, 4) is 0 Å². The molecule has 2 atom stereocenters. The monoisotopic (exact) mass is 433 g/mol. The van der Waals surface area contributed by atoms with E-state index in [2.05, 4.69) is 5.32 Å². The van der Waals surface area contributed by atoms with Crippen molar-refractivity contribution in [2.75, 3.05) is 25.9 Å². The van der Waals surface area contributed by atoms with Gasteiger partial charge in [0.15, 0.2) is 0 Å². The maximum atomic E-state index is 12.9. The smallest absolute Gasteiger partial charge is 0.246 e. The van der Waals surface area contributed by atoms with E-state index in [1.807, 2.05) is 13.8 Å². The molecule has 3 aliphatic rings. The minimum absolute atomic E-state index is 0. The van der Waals surface area contributed by atoms with Crippen molar-refractivity contribution < 1.29 is 18.0 Å². The van der Waals surface area contributed by atoms with Crippen LogP contribution in [0.3, 0.4) is 0 Å². The van der Waals surface area contributed by atoms with Crippen LogP contribution in [0.25, 0.3) is 0 Å². The van der Waals surface area contributed by atoms with Gasteiger partial charge in [0.2, 0.25) is 21.8 Å². The zero-order valence-corrected chi connectivity index (χ0v) is 18.5. The van der Waals surface area contributed by atoms with E-state index in [1.54, 1.807) is 11.0 Å². The van der Waals surface area contributed by atoms with Gasteiger partial charge in [0.1, 0.15) is 0 Å². The number of nitrogens with zero attached hydrogens (tertiary/aromatic N) is 2. The maximum absolute atomic E-state index is 12.9. The number of piperidine rings is 1. The van der Waals surface area contributed by atoms with Crippen LogP contribution in [0.2, 0.25) is 0 Å². The van der Waals surface area contributed by atoms with Gasteiger partial charge in [-0.3, -0.25) is 9.59 Å². The lowest BCUT2D eigenvalue weighted by Gasteiger charge is -2.29. The van der Waals surface area contributed by atoms with Crippen LogP contribution in [0.5, 0.6) is 0 Å². The maximum Gasteiger partial charge on any atom is 0.246 e. The number of hydrogen-bond acceptors (Lipinski definition) is 5. The van der Waals surface area contributed by atoms with Crippen molar-refractivity contribution in [2.45, 2.75) is 52.0 Å². The summed E-state index contributed by atoms with van der Waals surface area (Å²) in [4.78, 5) is 27.3. The number of carbonyl (C=O) groups is 2. The van der Waals surface area contributed by atoms with Crippen molar-refractivity contribution >= 4 is 34.2 Å². The number of sulfonamides is 1. The van der Waals surface area contributed by atoms with Gasteiger partial charge in [-0.15, -0.1) is 12.4 Å². The zero-order chi connectivity index (χ0) is 19.8. The molecule has 0 bridgehead atoms. The summed E-state index contributed by atoms with van der Waals surface area (Å²) < 4.78 is 25.2. The Morgan fingerprint density at radius 2 is 1.93 bits per heavy atom. The molecule has 3 aliphatic heterocycles. The Morgan fingerprint density at radius 1 is 1.29 bits per heavy atom. The van der Waals surface area contributed by atoms with Crippen LogP contribution in [0.15, 0.2) is 11.8 Å². The molecule has 2 fully saturated rings. The highest BCUT2D eigenvalue weighted by atomic mass is 35.5. The van der Waals surface area contributed by atoms with Gasteiger partial charge in [-0.2, -0.15) is 0 Å². The fourth-order valence-electron chi connectivity index (χ4n) is 4.68. The highest BCUT2D eigenvalue weighted by Gasteiger charge is 2.54. The normalized spacial score (nSPS) is 25.7. The van der Waals surface area contributed by atoms with Gasteiger partial charge >= 0.3 is 0 Å². The van der Waals surface area contributed by atoms with E-state index in [-0.39, 0.29) is 24.2 Å². The Labute approximate surface area is 174 Å². The van der Waals surface area contributed by atoms with Crippen molar-refractivity contribution in [3.63, 3.8) is 0 Å². The molecule has 0 spiro atoms. The molecule has 3 rings (SSSR count). The summed E-state index contributed by atoms with van der Waals surface area (Å²) in [6, 6.07) is -0.446. The van der Waals surface area contributed by atoms with Crippen LogP contribution >= 0.6 is 12.4 Å². The van der Waals surface area contributed by atoms with Crippen molar-refractivity contribution in [1.29, 1.82) is 0 Å². The van der Waals surface area contributed by atoms with E-state index >= 15 is 0 Å². The van der Waals surface area contributed by atoms with Gasteiger partial charge in [-0.1, -0.05) is 13.8 Å². The Morgan fingerprint density at radius 3 is 2.50 bits per heavy atom. The fourth-order valence-corrected chi connectivity index (χ4v) is 5.70. The SMILES string of the molecule is CC(C)[C@H]1C(=O)N(S(C)(=O)=O)C2=CCN(C(=O)CCCC3CCNCC3)[C@@H]21.Cl. The van der Waals surface area contributed by atoms with Crippen LogP contribution in [0.4, 0.5) is 0 Å². The summed E-state index contributed by atoms with van der Waals surface area (Å²) >= 11 is 0. The molecule has 9 heteroatoms. The number of nitrogens with one attached hydrogen (secondary N) is 1. The molecule has 2 saturated heterocycles. The van der Waals surface area contributed by atoms with Crippen LogP contribution in [-0.2, 0) is 19.6 Å². The van der Waals surface area contributed by atoms with Gasteiger partial charge in [-0.05, 0) is 56.7 Å². The Hall–Kier alpha value is -1.12. The van der Waals surface area contributed by atoms with Gasteiger partial charge in [-0.25, -0.2) is 12.7 Å². The molecule has 7 nitrogen and oxygen atoms in total. The second-order valence-corrected chi connectivity index (χ2v) is 10.2. The predicted octanol–water partition coefficient (Wildman–Crippen LogP) is 1.75. The second-order valence-electron chi connectivity index (χ2n) is 8.34. The number of hydrogen-bond donors (Lipinski definition) is 1. The first-order valence-electron chi connectivity index (χ1n) is 9.96. The third-order valence-electron chi connectivity index (χ3n) is 6.03. The number of amides is 2. The molecule has 0 aliphatic carbocycles. The van der Waals surface area contributed by atoms with E-state index in [1.165, 1.54) is 12.8 Å². The number of rotatable bonds is 6. The quantitative estimate of drug-likeness (QED) is 0.689. The first kappa shape index (κ1) is 23.2. The molecular formula is C19H32ClN3O4S. The summed E-state index contributed by atoms with van der Waals surface area (Å²) in [5.74, 6) is -0.240. The number of halogens is 1. The minimum Gasteiger partial charge on any atom is -0.330 e. The van der Waals surface area contributed by atoms with Crippen LogP contribution in [0.1, 0.15) is 46.0 Å². The molecule has 1 N–H and O–H groups in total. The fraction of sp³-hybridized carbons (Fsp3) is 0.789. The first-order chi connectivity index (χ1) is 12.7. The van der Waals surface area contributed by atoms with Gasteiger partial charge in [0.25, 0.3) is 0 Å². The third kappa shape index (κ3) is 4.54. The lowest BCUT2D eigenvalue weighted by Crippen LogP contribution is -2.42. The Bertz CT molecular complexity index is 731. The Balaban J connectivity index is 0.00000280. The molecule has 0 aromatic carbocycles. The third-order valence-corrected chi connectivity index (χ3v) is 7.08. The second kappa shape index (κ2) is 9.13. The summed E-state index contributed by atoms with van der Waals surface area (Å²) in [6.45, 7) is 6.31. The molecule has 160 valence electrons. The van der Waals surface area contributed by atoms with E-state index in [0.717, 1.165) is 36.5 Å². The highest BCUT2D eigenvalue weighted by molar-refractivity contribution is 7.89. The van der Waals surface area contributed by atoms with Crippen molar-refractivity contribution in [2.24, 2.45) is 17.8 Å². The predicted molar refractivity (Wildman–Crippen MR) is 110 cm³/mol. The first-order valence-corrected chi connectivity index (χ1v) is 11.8. The van der Waals surface area contributed by atoms with Crippen LogP contribution in [0, 0.1) is 17.8 Å². The summed E-state index contributed by atoms with van der Waals surface area (Å²) in [5, 5.41) is 3.35. The van der Waals surface area contributed by atoms with E-state index in [0.29, 0.717) is 24.6 Å². The summed E-state index contributed by atoms with van der Waals surface area (Å²) in [5.41, 5.74) is 0.466. The lowest BCUT2D eigenvalue weighted by atomic mass is 9.89. The minimum atomic E-state index is -3.68. The van der Waals surface area contributed by atoms with E-state index in [4.69, 9.17) is 0 Å². The summed E-state index contributed by atoms with van der Waals surface area (Å²) in [7, 11) is -3.68. The standard InChI is InChI=1S/C19H31N3O4S.ClH/c1-13(2)17-18-15(22(19(17)24)27(3,25)26)9-12-21(18)16(23)6-4-5-14-7-10-20-11-8-14;/h9,13-14,17-18,20H,4-8,10-12H2,1-3H3;1H/t17-,18+;/m1./s1. The Kier molecular flexibility index (Phi) is 7.56. The van der Waals surface area contributed by atoms with Crippen LogP contribution in [-0.4, -0.2) is 61.4 Å². The van der Waals surface area contributed by atoms with E-state index in [9.17, 15) is 18.0 Å². The molecule has 0 aromatic heterocycles. The van der Waals surface area contributed by atoms with Gasteiger partial charge in [0, 0.05) is 13.0 Å². The molecular weight excluding hydrogens is 402 g/mol. The highest BCUT2D eigenvalue weighted by Crippen LogP contribution is 2.41. The number of carbonyl (C=O) groups excluding carboxylic acids is 2. The molecule has 3 heterocycles. The van der Waals surface area contributed by atoms with Crippen molar-refractivity contribution in [3.05, 3.63) is 11.8 Å². The molecule has 0 aromatic rings. The van der Waals surface area contributed by atoms with Gasteiger partial charge in [0.05, 0.1) is 23.9 Å². The topological polar surface area (TPSA) is 86.8 Å². The molecule has 0 saturated carbocycles. The summed E-state index contributed by atoms with van der Waals surface area (Å²) in [6.07, 6.45) is 7.47. The van der Waals surface area contributed by atoms with E-state index < -0.39 is 27.9 Å².